The van der Waals surface area contributed by atoms with Crippen molar-refractivity contribution in [1.29, 1.82) is 0 Å². The van der Waals surface area contributed by atoms with Crippen LogP contribution >= 0.6 is 0 Å². The van der Waals surface area contributed by atoms with Gasteiger partial charge >= 0.3 is 6.03 Å². The molecule has 3 N–H and O–H groups in total. The SMILES string of the molecule is O=C(N[C@H](CO)Cc1ccccc1)N[C@@H]1C[C@H]1c1ccc2ccccc2c1. The largest absolute Gasteiger partial charge is 0.394 e. The maximum Gasteiger partial charge on any atom is 0.315 e. The van der Waals surface area contributed by atoms with E-state index in [4.69, 9.17) is 0 Å². The second kappa shape index (κ2) is 7.80. The van der Waals surface area contributed by atoms with E-state index in [1.165, 1.54) is 16.3 Å². The summed E-state index contributed by atoms with van der Waals surface area (Å²) in [6.45, 7) is -0.0823. The molecule has 0 heterocycles. The number of aliphatic hydroxyl groups is 1. The van der Waals surface area contributed by atoms with Crippen molar-refractivity contribution in [2.24, 2.45) is 0 Å². The van der Waals surface area contributed by atoms with Crippen LogP contribution in [0.2, 0.25) is 0 Å². The van der Waals surface area contributed by atoms with Gasteiger partial charge in [0.15, 0.2) is 0 Å². The molecule has 3 aromatic carbocycles. The highest BCUT2D eigenvalue weighted by atomic mass is 16.3. The molecule has 0 spiro atoms. The molecule has 0 aliphatic heterocycles. The van der Waals surface area contributed by atoms with Crippen LogP contribution < -0.4 is 10.6 Å². The minimum Gasteiger partial charge on any atom is -0.394 e. The zero-order valence-electron chi connectivity index (χ0n) is 15.1. The molecular weight excluding hydrogens is 336 g/mol. The number of carbonyl (C=O) groups is 1. The summed E-state index contributed by atoms with van der Waals surface area (Å²) in [5, 5.41) is 18.0. The van der Waals surface area contributed by atoms with Gasteiger partial charge in [-0.05, 0) is 34.7 Å². The summed E-state index contributed by atoms with van der Waals surface area (Å²) in [7, 11) is 0. The Balaban J connectivity index is 1.32. The van der Waals surface area contributed by atoms with Gasteiger partial charge in [0.2, 0.25) is 0 Å². The van der Waals surface area contributed by atoms with Crippen LogP contribution in [0.1, 0.15) is 23.5 Å². The number of fused-ring (bicyclic) bond motifs is 1. The number of urea groups is 1. The van der Waals surface area contributed by atoms with Crippen LogP contribution in [0.4, 0.5) is 4.79 Å². The Morgan fingerprint density at radius 3 is 2.52 bits per heavy atom. The van der Waals surface area contributed by atoms with E-state index in [-0.39, 0.29) is 24.7 Å². The maximum absolute atomic E-state index is 12.3. The molecule has 0 unspecified atom stereocenters. The van der Waals surface area contributed by atoms with Gasteiger partial charge in [0, 0.05) is 12.0 Å². The maximum atomic E-state index is 12.3. The first kappa shape index (κ1) is 17.6. The molecule has 3 aromatic rings. The highest BCUT2D eigenvalue weighted by molar-refractivity contribution is 5.83. The van der Waals surface area contributed by atoms with Crippen LogP contribution in [0.5, 0.6) is 0 Å². The lowest BCUT2D eigenvalue weighted by atomic mass is 10.0. The smallest absolute Gasteiger partial charge is 0.315 e. The highest BCUT2D eigenvalue weighted by Crippen LogP contribution is 2.41. The predicted octanol–water partition coefficient (Wildman–Crippen LogP) is 3.60. The van der Waals surface area contributed by atoms with Crippen LogP contribution in [-0.2, 0) is 6.42 Å². The number of aliphatic hydroxyl groups excluding tert-OH is 1. The Morgan fingerprint density at radius 2 is 1.74 bits per heavy atom. The fourth-order valence-corrected chi connectivity index (χ4v) is 3.62. The molecule has 1 aliphatic carbocycles. The van der Waals surface area contributed by atoms with Crippen LogP contribution in [-0.4, -0.2) is 29.8 Å². The second-order valence-corrected chi connectivity index (χ2v) is 7.24. The third-order valence-electron chi connectivity index (χ3n) is 5.19. The van der Waals surface area contributed by atoms with E-state index in [0.717, 1.165) is 12.0 Å². The Bertz CT molecular complexity index is 926. The van der Waals surface area contributed by atoms with Gasteiger partial charge < -0.3 is 15.7 Å². The third kappa shape index (κ3) is 4.29. The monoisotopic (exact) mass is 360 g/mol. The number of amides is 2. The lowest BCUT2D eigenvalue weighted by molar-refractivity contribution is 0.215. The number of benzene rings is 3. The van der Waals surface area contributed by atoms with Crippen molar-refractivity contribution >= 4 is 16.8 Å². The van der Waals surface area contributed by atoms with Gasteiger partial charge in [0.1, 0.15) is 0 Å². The number of nitrogens with one attached hydrogen (secondary N) is 2. The zero-order chi connectivity index (χ0) is 18.6. The molecule has 0 saturated heterocycles. The number of hydrogen-bond acceptors (Lipinski definition) is 2. The Kier molecular flexibility index (Phi) is 5.07. The summed E-state index contributed by atoms with van der Waals surface area (Å²) in [5.74, 6) is 0.363. The molecule has 0 bridgehead atoms. The molecule has 1 aliphatic rings. The van der Waals surface area contributed by atoms with Crippen molar-refractivity contribution < 1.29 is 9.90 Å². The van der Waals surface area contributed by atoms with Gasteiger partial charge in [0.05, 0.1) is 12.6 Å². The fourth-order valence-electron chi connectivity index (χ4n) is 3.62. The molecule has 138 valence electrons. The lowest BCUT2D eigenvalue weighted by Crippen LogP contribution is -2.45. The van der Waals surface area contributed by atoms with E-state index < -0.39 is 0 Å². The van der Waals surface area contributed by atoms with Gasteiger partial charge in [0.25, 0.3) is 0 Å². The first-order valence-corrected chi connectivity index (χ1v) is 9.43. The molecule has 1 fully saturated rings. The van der Waals surface area contributed by atoms with E-state index >= 15 is 0 Å². The average molecular weight is 360 g/mol. The molecule has 27 heavy (non-hydrogen) atoms. The first-order chi connectivity index (χ1) is 13.2. The minimum atomic E-state index is -0.287. The van der Waals surface area contributed by atoms with Gasteiger partial charge in [-0.2, -0.15) is 0 Å². The fraction of sp³-hybridized carbons (Fsp3) is 0.261. The number of rotatable bonds is 6. The van der Waals surface area contributed by atoms with Gasteiger partial charge in [-0.15, -0.1) is 0 Å². The van der Waals surface area contributed by atoms with E-state index in [1.807, 2.05) is 42.5 Å². The average Bonchev–Trinajstić information content (AvgIpc) is 3.46. The van der Waals surface area contributed by atoms with Crippen LogP contribution in [0.3, 0.4) is 0 Å². The van der Waals surface area contributed by atoms with E-state index in [2.05, 4.69) is 41.0 Å². The van der Waals surface area contributed by atoms with Crippen molar-refractivity contribution in [1.82, 2.24) is 10.6 Å². The van der Waals surface area contributed by atoms with Crippen LogP contribution in [0, 0.1) is 0 Å². The van der Waals surface area contributed by atoms with Crippen LogP contribution in [0.25, 0.3) is 10.8 Å². The summed E-state index contributed by atoms with van der Waals surface area (Å²) in [5.41, 5.74) is 2.36. The summed E-state index contributed by atoms with van der Waals surface area (Å²) in [6, 6.07) is 24.4. The molecule has 2 amide bonds. The Hall–Kier alpha value is -2.85. The second-order valence-electron chi connectivity index (χ2n) is 7.24. The predicted molar refractivity (Wildman–Crippen MR) is 108 cm³/mol. The lowest BCUT2D eigenvalue weighted by Gasteiger charge is -2.17. The summed E-state index contributed by atoms with van der Waals surface area (Å²) in [6.07, 6.45) is 1.57. The quantitative estimate of drug-likeness (QED) is 0.629. The number of carbonyl (C=O) groups excluding carboxylic acids is 1. The Morgan fingerprint density at radius 1 is 1.00 bits per heavy atom. The topological polar surface area (TPSA) is 61.4 Å². The first-order valence-electron chi connectivity index (χ1n) is 9.43. The molecule has 0 radical (unpaired) electrons. The van der Waals surface area contributed by atoms with E-state index in [1.54, 1.807) is 0 Å². The summed E-state index contributed by atoms with van der Waals surface area (Å²) >= 11 is 0. The molecule has 0 aromatic heterocycles. The van der Waals surface area contributed by atoms with Gasteiger partial charge in [-0.1, -0.05) is 72.8 Å². The van der Waals surface area contributed by atoms with Crippen molar-refractivity contribution in [3.05, 3.63) is 83.9 Å². The zero-order valence-corrected chi connectivity index (χ0v) is 15.1. The summed E-state index contributed by atoms with van der Waals surface area (Å²) < 4.78 is 0. The van der Waals surface area contributed by atoms with Gasteiger partial charge in [-0.25, -0.2) is 4.79 Å². The molecule has 4 nitrogen and oxygen atoms in total. The minimum absolute atomic E-state index is 0.0823. The normalized spacial score (nSPS) is 19.4. The van der Waals surface area contributed by atoms with Crippen molar-refractivity contribution in [3.8, 4) is 0 Å². The van der Waals surface area contributed by atoms with Crippen molar-refractivity contribution in [2.45, 2.75) is 30.8 Å². The van der Waals surface area contributed by atoms with E-state index in [0.29, 0.717) is 12.3 Å². The molecule has 4 rings (SSSR count). The molecule has 4 heteroatoms. The Labute approximate surface area is 159 Å². The van der Waals surface area contributed by atoms with Crippen molar-refractivity contribution in [2.75, 3.05) is 6.61 Å². The highest BCUT2D eigenvalue weighted by Gasteiger charge is 2.39. The molecular formula is C23H24N2O2. The molecule has 3 atom stereocenters. The van der Waals surface area contributed by atoms with Gasteiger partial charge in [-0.3, -0.25) is 0 Å². The standard InChI is InChI=1S/C23H24N2O2/c26-15-20(12-16-6-2-1-3-7-16)24-23(27)25-22-14-21(22)19-11-10-17-8-4-5-9-18(17)13-19/h1-11,13,20-22,26H,12,14-15H2,(H2,24,25,27)/t20-,21-,22+/m0/s1. The number of hydrogen-bond donors (Lipinski definition) is 3. The summed E-state index contributed by atoms with van der Waals surface area (Å²) in [4.78, 5) is 12.3. The molecule has 1 saturated carbocycles. The van der Waals surface area contributed by atoms with Crippen LogP contribution in [0.15, 0.2) is 72.8 Å². The van der Waals surface area contributed by atoms with Crippen molar-refractivity contribution in [3.63, 3.8) is 0 Å². The van der Waals surface area contributed by atoms with E-state index in [9.17, 15) is 9.90 Å². The third-order valence-corrected chi connectivity index (χ3v) is 5.19.